The van der Waals surface area contributed by atoms with Gasteiger partial charge in [0.25, 0.3) is 0 Å². The highest BCUT2D eigenvalue weighted by Crippen LogP contribution is 2.39. The van der Waals surface area contributed by atoms with Crippen LogP contribution in [0.4, 0.5) is 0 Å². The summed E-state index contributed by atoms with van der Waals surface area (Å²) in [7, 11) is 1.71. The molecule has 2 aromatic carbocycles. The Morgan fingerprint density at radius 3 is 2.89 bits per heavy atom. The fraction of sp³-hybridized carbons (Fsp3) is 0.409. The summed E-state index contributed by atoms with van der Waals surface area (Å²) in [4.78, 5) is 13.5. The van der Waals surface area contributed by atoms with Crippen LogP contribution in [0.15, 0.2) is 42.5 Å². The highest BCUT2D eigenvalue weighted by Gasteiger charge is 2.33. The van der Waals surface area contributed by atoms with Crippen molar-refractivity contribution in [3.8, 4) is 17.2 Å². The summed E-state index contributed by atoms with van der Waals surface area (Å²) in [6, 6.07) is 14.8. The Balaban J connectivity index is 1.46. The Bertz CT molecular complexity index is 807. The third kappa shape index (κ3) is 3.78. The Kier molecular flexibility index (Phi) is 5.30. The van der Waals surface area contributed by atoms with Crippen LogP contribution < -0.4 is 14.2 Å². The van der Waals surface area contributed by atoms with Gasteiger partial charge in [-0.25, -0.2) is 0 Å². The number of carbonyl (C=O) groups is 1. The first kappa shape index (κ1) is 17.9. The summed E-state index contributed by atoms with van der Waals surface area (Å²) in [5, 5.41) is 0. The van der Waals surface area contributed by atoms with Gasteiger partial charge >= 0.3 is 0 Å². The van der Waals surface area contributed by atoms with Gasteiger partial charge < -0.3 is 19.0 Å². The number of nitrogens with zero attached hydrogens (tertiary/aromatic N) is 1. The monoisotopic (exact) mass is 367 g/mol. The second kappa shape index (κ2) is 8.01. The molecule has 1 fully saturated rings. The van der Waals surface area contributed by atoms with Crippen molar-refractivity contribution in [2.24, 2.45) is 0 Å². The summed E-state index contributed by atoms with van der Waals surface area (Å²) in [6.45, 7) is 1.68. The first-order valence-corrected chi connectivity index (χ1v) is 9.47. The number of aldehydes is 1. The van der Waals surface area contributed by atoms with E-state index in [4.69, 9.17) is 14.2 Å². The number of aryl methyl sites for hydroxylation is 1. The van der Waals surface area contributed by atoms with Crippen LogP contribution in [0, 0.1) is 0 Å². The lowest BCUT2D eigenvalue weighted by Crippen LogP contribution is -2.31. The molecule has 2 atom stereocenters. The molecule has 2 aliphatic heterocycles. The van der Waals surface area contributed by atoms with Crippen molar-refractivity contribution < 1.29 is 19.0 Å². The molecule has 0 radical (unpaired) electrons. The van der Waals surface area contributed by atoms with E-state index in [1.165, 1.54) is 11.1 Å². The highest BCUT2D eigenvalue weighted by atomic mass is 16.7. The smallest absolute Gasteiger partial charge is 0.231 e. The lowest BCUT2D eigenvalue weighted by Gasteiger charge is -2.22. The van der Waals surface area contributed by atoms with E-state index in [9.17, 15) is 4.79 Å². The fourth-order valence-electron chi connectivity index (χ4n) is 4.24. The van der Waals surface area contributed by atoms with Gasteiger partial charge in [0, 0.05) is 12.6 Å². The summed E-state index contributed by atoms with van der Waals surface area (Å²) < 4.78 is 16.4. The van der Waals surface area contributed by atoms with Crippen molar-refractivity contribution in [1.29, 1.82) is 0 Å². The maximum absolute atomic E-state index is 11.2. The zero-order chi connectivity index (χ0) is 18.6. The normalized spacial score (nSPS) is 21.4. The Labute approximate surface area is 159 Å². The molecule has 1 unspecified atom stereocenters. The van der Waals surface area contributed by atoms with E-state index in [-0.39, 0.29) is 0 Å². The zero-order valence-corrected chi connectivity index (χ0v) is 15.6. The molecule has 0 spiro atoms. The van der Waals surface area contributed by atoms with E-state index in [0.29, 0.717) is 25.3 Å². The van der Waals surface area contributed by atoms with E-state index < -0.39 is 0 Å². The summed E-state index contributed by atoms with van der Waals surface area (Å²) in [6.07, 6.45) is 4.01. The van der Waals surface area contributed by atoms with Crippen LogP contribution in [-0.2, 0) is 11.2 Å². The molecule has 0 amide bonds. The Hall–Kier alpha value is -2.53. The molecule has 142 valence electrons. The maximum atomic E-state index is 11.2. The molecule has 1 saturated heterocycles. The van der Waals surface area contributed by atoms with Crippen LogP contribution in [-0.4, -0.2) is 44.2 Å². The number of benzene rings is 2. The molecule has 0 aromatic heterocycles. The van der Waals surface area contributed by atoms with Gasteiger partial charge in [-0.2, -0.15) is 0 Å². The molecule has 5 heteroatoms. The molecule has 2 aliphatic rings. The summed E-state index contributed by atoms with van der Waals surface area (Å²) in [5.41, 5.74) is 2.48. The lowest BCUT2D eigenvalue weighted by molar-refractivity contribution is -0.109. The second-order valence-corrected chi connectivity index (χ2v) is 7.17. The van der Waals surface area contributed by atoms with Gasteiger partial charge in [0.05, 0.1) is 13.7 Å². The van der Waals surface area contributed by atoms with Crippen molar-refractivity contribution >= 4 is 6.29 Å². The number of carbonyl (C=O) groups excluding carboxylic acids is 1. The number of ether oxygens (including phenoxy) is 3. The molecule has 4 rings (SSSR count). The number of para-hydroxylation sites is 1. The number of methoxy groups -OCH3 is 1. The molecular weight excluding hydrogens is 342 g/mol. The average Bonchev–Trinajstić information content (AvgIpc) is 3.33. The fourth-order valence-corrected chi connectivity index (χ4v) is 4.24. The van der Waals surface area contributed by atoms with Crippen LogP contribution >= 0.6 is 0 Å². The summed E-state index contributed by atoms with van der Waals surface area (Å²) in [5.74, 6) is 2.98. The standard InChI is InChI=1S/C22H25NO4/c1-25-20-5-3-2-4-16(20)6-8-19-12-18(14-23(19)10-11-24)17-7-9-21-22(13-17)27-15-26-21/h2-5,7,9,11,13,18-19H,6,8,10,12,14-15H2,1H3/t18?,19-/m0/s1. The van der Waals surface area contributed by atoms with Gasteiger partial charge in [0.2, 0.25) is 6.79 Å². The minimum absolute atomic E-state index is 0.294. The van der Waals surface area contributed by atoms with Gasteiger partial charge in [0.1, 0.15) is 12.0 Å². The minimum atomic E-state index is 0.294. The van der Waals surface area contributed by atoms with Crippen molar-refractivity contribution in [2.75, 3.05) is 27.0 Å². The summed E-state index contributed by atoms with van der Waals surface area (Å²) >= 11 is 0. The van der Waals surface area contributed by atoms with Gasteiger partial charge in [-0.3, -0.25) is 4.90 Å². The second-order valence-electron chi connectivity index (χ2n) is 7.17. The largest absolute Gasteiger partial charge is 0.496 e. The highest BCUT2D eigenvalue weighted by molar-refractivity contribution is 5.52. The van der Waals surface area contributed by atoms with Crippen molar-refractivity contribution in [3.05, 3.63) is 53.6 Å². The quantitative estimate of drug-likeness (QED) is 0.702. The SMILES string of the molecule is COc1ccccc1CC[C@H]1CC(c2ccc3c(c2)OCO3)CN1CC=O. The van der Waals surface area contributed by atoms with Gasteiger partial charge in [-0.15, -0.1) is 0 Å². The van der Waals surface area contributed by atoms with E-state index in [1.807, 2.05) is 24.3 Å². The number of rotatable bonds is 7. The van der Waals surface area contributed by atoms with Crippen molar-refractivity contribution in [1.82, 2.24) is 4.90 Å². The van der Waals surface area contributed by atoms with Crippen molar-refractivity contribution in [2.45, 2.75) is 31.2 Å². The molecule has 2 aromatic rings. The van der Waals surface area contributed by atoms with E-state index in [2.05, 4.69) is 23.1 Å². The Morgan fingerprint density at radius 1 is 1.19 bits per heavy atom. The molecule has 0 N–H and O–H groups in total. The number of likely N-dealkylation sites (tertiary alicyclic amines) is 1. The minimum Gasteiger partial charge on any atom is -0.496 e. The first-order valence-electron chi connectivity index (χ1n) is 9.47. The predicted octanol–water partition coefficient (Wildman–Crippen LogP) is 3.41. The molecule has 2 heterocycles. The zero-order valence-electron chi connectivity index (χ0n) is 15.6. The van der Waals surface area contributed by atoms with Crippen molar-refractivity contribution in [3.63, 3.8) is 0 Å². The van der Waals surface area contributed by atoms with Crippen LogP contribution in [0.3, 0.4) is 0 Å². The van der Waals surface area contributed by atoms with Gasteiger partial charge in [-0.05, 0) is 54.5 Å². The number of fused-ring (bicyclic) bond motifs is 1. The first-order chi connectivity index (χ1) is 13.3. The third-order valence-electron chi connectivity index (χ3n) is 5.64. The maximum Gasteiger partial charge on any atom is 0.231 e. The molecular formula is C22H25NO4. The molecule has 0 aliphatic carbocycles. The van der Waals surface area contributed by atoms with E-state index in [0.717, 1.165) is 49.3 Å². The van der Waals surface area contributed by atoms with Crippen LogP contribution in [0.25, 0.3) is 0 Å². The average molecular weight is 367 g/mol. The Morgan fingerprint density at radius 2 is 2.04 bits per heavy atom. The van der Waals surface area contributed by atoms with E-state index in [1.54, 1.807) is 7.11 Å². The van der Waals surface area contributed by atoms with Crippen LogP contribution in [0.5, 0.6) is 17.2 Å². The number of hydrogen-bond donors (Lipinski definition) is 0. The van der Waals surface area contributed by atoms with Crippen LogP contribution in [0.2, 0.25) is 0 Å². The molecule has 5 nitrogen and oxygen atoms in total. The third-order valence-corrected chi connectivity index (χ3v) is 5.64. The molecule has 0 bridgehead atoms. The molecule has 27 heavy (non-hydrogen) atoms. The number of hydrogen-bond acceptors (Lipinski definition) is 5. The van der Waals surface area contributed by atoms with Gasteiger partial charge in [0.15, 0.2) is 11.5 Å². The van der Waals surface area contributed by atoms with Gasteiger partial charge in [-0.1, -0.05) is 24.3 Å². The van der Waals surface area contributed by atoms with Crippen LogP contribution in [0.1, 0.15) is 29.9 Å². The topological polar surface area (TPSA) is 48.0 Å². The van der Waals surface area contributed by atoms with E-state index >= 15 is 0 Å². The predicted molar refractivity (Wildman–Crippen MR) is 103 cm³/mol. The lowest BCUT2D eigenvalue weighted by atomic mass is 9.94. The molecule has 0 saturated carbocycles.